The van der Waals surface area contributed by atoms with Crippen LogP contribution in [0.3, 0.4) is 0 Å². The van der Waals surface area contributed by atoms with Gasteiger partial charge in [0.25, 0.3) is 0 Å². The van der Waals surface area contributed by atoms with Crippen LogP contribution in [0.25, 0.3) is 21.7 Å². The van der Waals surface area contributed by atoms with Crippen molar-refractivity contribution >= 4 is 40.3 Å². The van der Waals surface area contributed by atoms with Crippen molar-refractivity contribution < 1.29 is 33.8 Å². The number of amides is 2. The molecule has 0 aliphatic carbocycles. The number of carbonyl (C=O) groups excluding carboxylic acids is 2. The van der Waals surface area contributed by atoms with E-state index in [0.29, 0.717) is 34.4 Å². The number of hydrogen-bond donors (Lipinski definition) is 4. The number of hydrogen-bond acceptors (Lipinski definition) is 16. The molecule has 0 radical (unpaired) electrons. The molecule has 7 heterocycles. The van der Waals surface area contributed by atoms with E-state index in [2.05, 4.69) is 52.3 Å². The van der Waals surface area contributed by atoms with Crippen molar-refractivity contribution in [3.63, 3.8) is 0 Å². The maximum absolute atomic E-state index is 14.2. The van der Waals surface area contributed by atoms with Crippen LogP contribution in [0.2, 0.25) is 0 Å². The van der Waals surface area contributed by atoms with Gasteiger partial charge in [0.15, 0.2) is 17.3 Å². The number of fused-ring (bicyclic) bond motifs is 2. The van der Waals surface area contributed by atoms with Gasteiger partial charge in [-0.05, 0) is 73.9 Å². The predicted molar refractivity (Wildman–Crippen MR) is 262 cm³/mol. The highest BCUT2D eigenvalue weighted by Gasteiger charge is 2.44. The molecule has 0 spiro atoms. The Morgan fingerprint density at radius 2 is 1.77 bits per heavy atom. The number of ether oxygens (including phenoxy) is 2. The van der Waals surface area contributed by atoms with Crippen molar-refractivity contribution in [2.45, 2.75) is 83.1 Å². The lowest BCUT2D eigenvalue weighted by molar-refractivity contribution is -0.141. The zero-order valence-corrected chi connectivity index (χ0v) is 39.8. The van der Waals surface area contributed by atoms with Gasteiger partial charge in [-0.1, -0.05) is 61.3 Å². The van der Waals surface area contributed by atoms with Crippen LogP contribution < -0.4 is 25.6 Å². The average molecular weight is 953 g/mol. The molecule has 2 aromatic carbocycles. The number of anilines is 3. The van der Waals surface area contributed by atoms with Gasteiger partial charge in [-0.15, -0.1) is 21.5 Å². The topological polar surface area (TPSA) is 218 Å². The van der Waals surface area contributed by atoms with Crippen LogP contribution in [0, 0.1) is 24.7 Å². The Bertz CT molecular complexity index is 2830. The third kappa shape index (κ3) is 10.4. The number of carbonyl (C=O) groups is 2. The third-order valence-corrected chi connectivity index (χ3v) is 14.1. The van der Waals surface area contributed by atoms with Crippen molar-refractivity contribution in [1.82, 2.24) is 35.5 Å². The first-order chi connectivity index (χ1) is 33.4. The highest BCUT2D eigenvalue weighted by molar-refractivity contribution is 7.13. The SMILES string of the molecule is Cc1ncsc1-c1ccc([C@H](C)NC(=O)[C@@H]2C[C@@H](O)CN2C(=O)[C@@H](c2cc(C#CCOCCOc3cc(N4C5CCC4CN(c4cc(-c6ccccc6O)nnc4N)C5)ccn3)no2)C(C)C)cc1. The molecule has 3 fully saturated rings. The van der Waals surface area contributed by atoms with Gasteiger partial charge in [-0.2, -0.15) is 0 Å². The number of pyridine rings is 1. The number of aliphatic hydroxyl groups is 1. The van der Waals surface area contributed by atoms with Gasteiger partial charge < -0.3 is 50.0 Å². The Balaban J connectivity index is 0.745. The molecule has 69 heavy (non-hydrogen) atoms. The summed E-state index contributed by atoms with van der Waals surface area (Å²) in [4.78, 5) is 43.9. The molecular weight excluding hydrogens is 897 g/mol. The normalized spacial score (nSPS) is 19.6. The average Bonchev–Trinajstić information content (AvgIpc) is 4.15. The molecule has 5 N–H and O–H groups in total. The van der Waals surface area contributed by atoms with Gasteiger partial charge in [0.2, 0.25) is 17.7 Å². The summed E-state index contributed by atoms with van der Waals surface area (Å²) in [6, 6.07) is 21.9. The van der Waals surface area contributed by atoms with Crippen molar-refractivity contribution in [3.05, 3.63) is 107 Å². The summed E-state index contributed by atoms with van der Waals surface area (Å²) in [5, 5.41) is 36.8. The number of rotatable bonds is 15. The molecule has 3 saturated heterocycles. The Kier molecular flexibility index (Phi) is 14.1. The largest absolute Gasteiger partial charge is 0.507 e. The second-order valence-electron chi connectivity index (χ2n) is 18.1. The lowest BCUT2D eigenvalue weighted by atomic mass is 9.91. The molecular formula is C51H56N10O7S. The molecule has 17 nitrogen and oxygen atoms in total. The Hall–Kier alpha value is -7.07. The van der Waals surface area contributed by atoms with E-state index in [1.54, 1.807) is 35.7 Å². The second-order valence-corrected chi connectivity index (χ2v) is 19.0. The fourth-order valence-electron chi connectivity index (χ4n) is 9.69. The van der Waals surface area contributed by atoms with E-state index < -0.39 is 18.1 Å². The van der Waals surface area contributed by atoms with Gasteiger partial charge in [0.1, 0.15) is 30.9 Å². The van der Waals surface area contributed by atoms with Crippen LogP contribution in [0.5, 0.6) is 11.6 Å². The van der Waals surface area contributed by atoms with E-state index >= 15 is 0 Å². The first-order valence-corrected chi connectivity index (χ1v) is 24.2. The lowest BCUT2D eigenvalue weighted by Crippen LogP contribution is -2.54. The van der Waals surface area contributed by atoms with Crippen LogP contribution >= 0.6 is 11.3 Å². The molecule has 2 bridgehead atoms. The van der Waals surface area contributed by atoms with Crippen LogP contribution in [0.15, 0.2) is 89.0 Å². The molecule has 3 aliphatic heterocycles. The Morgan fingerprint density at radius 1 is 0.986 bits per heavy atom. The number of β-amino-alcohol motifs (C(OH)–C–C–N with tert-alkyl or cyclic N) is 1. The number of thiazole rings is 1. The van der Waals surface area contributed by atoms with Crippen LogP contribution in [-0.4, -0.2) is 116 Å². The zero-order valence-electron chi connectivity index (χ0n) is 39.0. The molecule has 4 aromatic heterocycles. The molecule has 358 valence electrons. The maximum atomic E-state index is 14.2. The van der Waals surface area contributed by atoms with E-state index in [4.69, 9.17) is 19.7 Å². The number of likely N-dealkylation sites (tertiary alicyclic amines) is 1. The zero-order chi connectivity index (χ0) is 48.2. The van der Waals surface area contributed by atoms with E-state index in [1.807, 2.05) is 87.8 Å². The summed E-state index contributed by atoms with van der Waals surface area (Å²) in [5.74, 6) is 5.63. The number of aliphatic hydroxyl groups excluding tert-OH is 1. The summed E-state index contributed by atoms with van der Waals surface area (Å²) >= 11 is 1.58. The fraction of sp³-hybridized carbons (Fsp3) is 0.392. The number of aromatic nitrogens is 5. The first kappa shape index (κ1) is 47.0. The van der Waals surface area contributed by atoms with E-state index in [1.165, 1.54) is 4.90 Å². The number of phenols is 1. The minimum Gasteiger partial charge on any atom is -0.507 e. The molecule has 0 saturated carbocycles. The molecule has 18 heteroatoms. The summed E-state index contributed by atoms with van der Waals surface area (Å²) < 4.78 is 17.4. The quantitative estimate of drug-likeness (QED) is 0.0673. The van der Waals surface area contributed by atoms with E-state index in [0.717, 1.165) is 59.0 Å². The minimum absolute atomic E-state index is 0.0339. The molecule has 6 atom stereocenters. The fourth-order valence-corrected chi connectivity index (χ4v) is 10.5. The van der Waals surface area contributed by atoms with Gasteiger partial charge in [-0.3, -0.25) is 9.59 Å². The monoisotopic (exact) mass is 952 g/mol. The summed E-state index contributed by atoms with van der Waals surface area (Å²) in [7, 11) is 0. The minimum atomic E-state index is -0.847. The maximum Gasteiger partial charge on any atom is 0.243 e. The first-order valence-electron chi connectivity index (χ1n) is 23.3. The third-order valence-electron chi connectivity index (χ3n) is 13.1. The molecule has 2 amide bonds. The van der Waals surface area contributed by atoms with Crippen molar-refractivity contribution in [2.75, 3.05) is 55.0 Å². The van der Waals surface area contributed by atoms with Gasteiger partial charge in [0, 0.05) is 67.7 Å². The molecule has 9 rings (SSSR count). The number of aromatic hydroxyl groups is 1. The number of aryl methyl sites for hydroxylation is 1. The number of nitrogens with two attached hydrogens (primary N) is 1. The molecule has 2 unspecified atom stereocenters. The van der Waals surface area contributed by atoms with E-state index in [-0.39, 0.29) is 74.4 Å². The number of nitrogens with one attached hydrogen (secondary N) is 1. The molecule has 3 aliphatic rings. The number of nitrogens with zero attached hydrogens (tertiary/aromatic N) is 8. The predicted octanol–water partition coefficient (Wildman–Crippen LogP) is 6.13. The number of nitrogen functional groups attached to an aromatic ring is 1. The van der Waals surface area contributed by atoms with Crippen molar-refractivity contribution in [3.8, 4) is 45.2 Å². The Morgan fingerprint density at radius 3 is 2.51 bits per heavy atom. The highest BCUT2D eigenvalue weighted by Crippen LogP contribution is 2.40. The summed E-state index contributed by atoms with van der Waals surface area (Å²) in [5.41, 5.74) is 14.5. The second kappa shape index (κ2) is 20.7. The summed E-state index contributed by atoms with van der Waals surface area (Å²) in [6.45, 7) is 9.87. The van der Waals surface area contributed by atoms with Gasteiger partial charge in [0.05, 0.1) is 46.2 Å². The number of benzene rings is 2. The van der Waals surface area contributed by atoms with Crippen LogP contribution in [-0.2, 0) is 14.3 Å². The number of piperazine rings is 1. The number of para-hydroxylation sites is 1. The van der Waals surface area contributed by atoms with Crippen LogP contribution in [0.1, 0.15) is 74.7 Å². The van der Waals surface area contributed by atoms with Crippen molar-refractivity contribution in [1.29, 1.82) is 0 Å². The molecule has 6 aromatic rings. The Labute approximate surface area is 404 Å². The van der Waals surface area contributed by atoms with E-state index in [9.17, 15) is 19.8 Å². The summed E-state index contributed by atoms with van der Waals surface area (Å²) in [6.07, 6.45) is 3.11. The van der Waals surface area contributed by atoms with Crippen LogP contribution in [0.4, 0.5) is 17.2 Å². The standard InChI is InChI=1S/C51H56N10O7S/c1-30(2)47(51(65)60-28-39(62)24-43(60)50(64)55-31(3)33-11-13-34(14-12-33)48-32(4)54-29-69-48)45-22-35(58-68-45)8-7-19-66-20-21-67-46-23-36(17-18-53-46)61-37-15-16-38(61)27-59(26-37)42-25-41(56-57-49(42)52)40-9-5-6-10-44(40)63/h5-6,9-14,17-18,22-23,25,29-31,37-39,43,47,62-63H,15-16,19-21,24,26-28H2,1-4H3,(H2,52,57)(H,55,64)/t31-,37?,38?,39+,43-,47+/m0/s1. The number of phenolic OH excluding ortho intramolecular Hbond substituents is 1. The highest BCUT2D eigenvalue weighted by atomic mass is 32.1. The van der Waals surface area contributed by atoms with Crippen molar-refractivity contribution in [2.24, 2.45) is 5.92 Å². The van der Waals surface area contributed by atoms with Gasteiger partial charge in [-0.25, -0.2) is 9.97 Å². The smallest absolute Gasteiger partial charge is 0.243 e. The van der Waals surface area contributed by atoms with Gasteiger partial charge >= 0.3 is 0 Å². The lowest BCUT2D eigenvalue weighted by Gasteiger charge is -2.43.